The quantitative estimate of drug-likeness (QED) is 0.555. The van der Waals surface area contributed by atoms with Crippen molar-refractivity contribution in [3.63, 3.8) is 0 Å². The Balaban J connectivity index is 2.83. The van der Waals surface area contributed by atoms with E-state index in [4.69, 9.17) is 0 Å². The average molecular weight is 286 g/mol. The van der Waals surface area contributed by atoms with E-state index in [2.05, 4.69) is 19.7 Å². The molecule has 21 heavy (non-hydrogen) atoms. The molecule has 0 bridgehead atoms. The summed E-state index contributed by atoms with van der Waals surface area (Å²) in [5.74, 6) is -1.34. The fraction of sp³-hybridized carbons (Fsp3) is 0.158. The van der Waals surface area contributed by atoms with Crippen LogP contribution >= 0.6 is 0 Å². The number of halogens is 2. The van der Waals surface area contributed by atoms with Gasteiger partial charge in [0.2, 0.25) is 0 Å². The number of allylic oxidation sites excluding steroid dienone is 7. The molecule has 0 radical (unpaired) electrons. The van der Waals surface area contributed by atoms with E-state index in [1.54, 1.807) is 6.92 Å². The van der Waals surface area contributed by atoms with Gasteiger partial charge in [-0.3, -0.25) is 0 Å². The number of hydrogen-bond acceptors (Lipinski definition) is 0. The monoisotopic (exact) mass is 286 g/mol. The van der Waals surface area contributed by atoms with Crippen molar-refractivity contribution in [2.24, 2.45) is 5.92 Å². The van der Waals surface area contributed by atoms with E-state index in [-0.39, 0.29) is 11.5 Å². The van der Waals surface area contributed by atoms with E-state index in [0.29, 0.717) is 5.57 Å². The molecule has 1 aromatic carbocycles. The predicted octanol–water partition coefficient (Wildman–Crippen LogP) is 6.09. The maximum Gasteiger partial charge on any atom is 0.126 e. The molecule has 0 saturated heterocycles. The Morgan fingerprint density at radius 2 is 1.67 bits per heavy atom. The van der Waals surface area contributed by atoms with Crippen molar-refractivity contribution in [1.29, 1.82) is 0 Å². The standard InChI is InChI=1S/C19H20F2/c1-13-6-10-18(11-7-13)15(3)12-19(21)17(5)14(2)8-9-16(4)20/h6-12,14H,3-5H2,1-2H3/b9-8-,19-12+. The molecule has 0 saturated carbocycles. The number of rotatable bonds is 6. The first-order valence-electron chi connectivity index (χ1n) is 6.66. The van der Waals surface area contributed by atoms with Crippen LogP contribution in [-0.4, -0.2) is 0 Å². The third-order valence-corrected chi connectivity index (χ3v) is 3.15. The van der Waals surface area contributed by atoms with Gasteiger partial charge < -0.3 is 0 Å². The van der Waals surface area contributed by atoms with Crippen LogP contribution < -0.4 is 0 Å². The summed E-state index contributed by atoms with van der Waals surface area (Å²) in [4.78, 5) is 0. The van der Waals surface area contributed by atoms with Crippen LogP contribution in [0.5, 0.6) is 0 Å². The minimum absolute atomic E-state index is 0.278. The lowest BCUT2D eigenvalue weighted by Crippen LogP contribution is -1.95. The number of aryl methyl sites for hydroxylation is 1. The highest BCUT2D eigenvalue weighted by molar-refractivity contribution is 5.73. The van der Waals surface area contributed by atoms with Gasteiger partial charge in [0.25, 0.3) is 0 Å². The Hall–Kier alpha value is -2.22. The zero-order chi connectivity index (χ0) is 16.0. The Bertz CT molecular complexity index is 601. The predicted molar refractivity (Wildman–Crippen MR) is 87.1 cm³/mol. The van der Waals surface area contributed by atoms with Gasteiger partial charge >= 0.3 is 0 Å². The molecule has 1 atom stereocenters. The lowest BCUT2D eigenvalue weighted by atomic mass is 9.98. The Morgan fingerprint density at radius 1 is 1.10 bits per heavy atom. The summed E-state index contributed by atoms with van der Waals surface area (Å²) in [7, 11) is 0. The second-order valence-corrected chi connectivity index (χ2v) is 5.00. The summed E-state index contributed by atoms with van der Waals surface area (Å²) in [6, 6.07) is 7.67. The second-order valence-electron chi connectivity index (χ2n) is 5.00. The molecule has 0 aliphatic rings. The highest BCUT2D eigenvalue weighted by atomic mass is 19.1. The summed E-state index contributed by atoms with van der Waals surface area (Å²) in [6.07, 6.45) is 4.08. The molecule has 0 amide bonds. The van der Waals surface area contributed by atoms with Crippen molar-refractivity contribution in [1.82, 2.24) is 0 Å². The minimum Gasteiger partial charge on any atom is -0.208 e. The highest BCUT2D eigenvalue weighted by Gasteiger charge is 2.09. The largest absolute Gasteiger partial charge is 0.208 e. The SMILES string of the molecule is C=C(F)/C=C\C(C)C(=C)/C(F)=C\C(=C)c1ccc(C)cc1. The Labute approximate surface area is 125 Å². The molecule has 0 heterocycles. The first-order valence-corrected chi connectivity index (χ1v) is 6.66. The van der Waals surface area contributed by atoms with Crippen molar-refractivity contribution in [2.45, 2.75) is 13.8 Å². The highest BCUT2D eigenvalue weighted by Crippen LogP contribution is 2.25. The molecule has 0 nitrogen and oxygen atoms in total. The van der Waals surface area contributed by atoms with Crippen LogP contribution in [0.15, 0.2) is 79.5 Å². The zero-order valence-corrected chi connectivity index (χ0v) is 12.5. The summed E-state index contributed by atoms with van der Waals surface area (Å²) in [5, 5.41) is 0. The van der Waals surface area contributed by atoms with Gasteiger partial charge in [-0.05, 0) is 35.8 Å². The van der Waals surface area contributed by atoms with Gasteiger partial charge in [-0.2, -0.15) is 0 Å². The molecule has 2 heteroatoms. The molecule has 0 aromatic heterocycles. The fourth-order valence-electron chi connectivity index (χ4n) is 1.68. The molecular formula is C19H20F2. The topological polar surface area (TPSA) is 0 Å². The third-order valence-electron chi connectivity index (χ3n) is 3.15. The van der Waals surface area contributed by atoms with Crippen molar-refractivity contribution in [3.8, 4) is 0 Å². The first-order chi connectivity index (χ1) is 9.81. The molecule has 0 aliphatic heterocycles. The van der Waals surface area contributed by atoms with E-state index in [9.17, 15) is 8.78 Å². The van der Waals surface area contributed by atoms with E-state index in [1.165, 1.54) is 18.2 Å². The van der Waals surface area contributed by atoms with Gasteiger partial charge in [-0.1, -0.05) is 62.6 Å². The van der Waals surface area contributed by atoms with Gasteiger partial charge in [-0.25, -0.2) is 8.78 Å². The molecule has 1 rings (SSSR count). The minimum atomic E-state index is -0.567. The summed E-state index contributed by atoms with van der Waals surface area (Å²) >= 11 is 0. The second kappa shape index (κ2) is 7.53. The average Bonchev–Trinajstić information content (AvgIpc) is 2.44. The third kappa shape index (κ3) is 5.35. The van der Waals surface area contributed by atoms with Crippen LogP contribution in [0.4, 0.5) is 8.78 Å². The van der Waals surface area contributed by atoms with Crippen molar-refractivity contribution in [3.05, 3.63) is 90.6 Å². The van der Waals surface area contributed by atoms with Crippen molar-refractivity contribution < 1.29 is 8.78 Å². The molecule has 1 unspecified atom stereocenters. The fourth-order valence-corrected chi connectivity index (χ4v) is 1.68. The normalized spacial score (nSPS) is 13.2. The lowest BCUT2D eigenvalue weighted by molar-refractivity contribution is 0.624. The van der Waals surface area contributed by atoms with E-state index < -0.39 is 11.7 Å². The summed E-state index contributed by atoms with van der Waals surface area (Å²) in [6.45, 7) is 14.4. The number of hydrogen-bond donors (Lipinski definition) is 0. The molecular weight excluding hydrogens is 266 g/mol. The van der Waals surface area contributed by atoms with Crippen LogP contribution in [0.25, 0.3) is 5.57 Å². The van der Waals surface area contributed by atoms with Crippen LogP contribution in [0, 0.1) is 12.8 Å². The zero-order valence-electron chi connectivity index (χ0n) is 12.5. The van der Waals surface area contributed by atoms with Crippen LogP contribution in [0.2, 0.25) is 0 Å². The molecule has 0 N–H and O–H groups in total. The smallest absolute Gasteiger partial charge is 0.126 e. The van der Waals surface area contributed by atoms with Crippen molar-refractivity contribution >= 4 is 5.57 Å². The molecule has 1 aromatic rings. The van der Waals surface area contributed by atoms with Crippen LogP contribution in [0.1, 0.15) is 18.1 Å². The summed E-state index contributed by atoms with van der Waals surface area (Å²) in [5.41, 5.74) is 2.83. The van der Waals surface area contributed by atoms with Gasteiger partial charge in [0.05, 0.1) is 0 Å². The maximum absolute atomic E-state index is 14.1. The Morgan fingerprint density at radius 3 is 2.19 bits per heavy atom. The number of benzene rings is 1. The Kier molecular flexibility index (Phi) is 6.04. The lowest BCUT2D eigenvalue weighted by Gasteiger charge is -2.09. The van der Waals surface area contributed by atoms with Gasteiger partial charge in [-0.15, -0.1) is 0 Å². The van der Waals surface area contributed by atoms with E-state index in [1.807, 2.05) is 31.2 Å². The van der Waals surface area contributed by atoms with Gasteiger partial charge in [0.1, 0.15) is 11.7 Å². The first kappa shape index (κ1) is 16.8. The van der Waals surface area contributed by atoms with Gasteiger partial charge in [0.15, 0.2) is 0 Å². The van der Waals surface area contributed by atoms with E-state index in [0.717, 1.165) is 11.1 Å². The molecule has 0 fully saturated rings. The van der Waals surface area contributed by atoms with Crippen molar-refractivity contribution in [2.75, 3.05) is 0 Å². The van der Waals surface area contributed by atoms with Crippen LogP contribution in [-0.2, 0) is 0 Å². The van der Waals surface area contributed by atoms with E-state index >= 15 is 0 Å². The van der Waals surface area contributed by atoms with Gasteiger partial charge in [0, 0.05) is 5.92 Å². The molecule has 0 spiro atoms. The van der Waals surface area contributed by atoms with Crippen LogP contribution in [0.3, 0.4) is 0 Å². The summed E-state index contributed by atoms with van der Waals surface area (Å²) < 4.78 is 26.7. The molecule has 110 valence electrons. The maximum atomic E-state index is 14.1. The molecule has 0 aliphatic carbocycles.